The van der Waals surface area contributed by atoms with E-state index in [-0.39, 0.29) is 25.0 Å². The maximum atomic E-state index is 12.1. The lowest BCUT2D eigenvalue weighted by Gasteiger charge is -2.33. The van der Waals surface area contributed by atoms with Crippen LogP contribution >= 0.6 is 0 Å². The van der Waals surface area contributed by atoms with Gasteiger partial charge in [-0.15, -0.1) is 0 Å². The molecule has 92 valence electrons. The van der Waals surface area contributed by atoms with E-state index in [0.717, 1.165) is 17.7 Å². The summed E-state index contributed by atoms with van der Waals surface area (Å²) >= 11 is 0. The predicted molar refractivity (Wildman–Crippen MR) is 64.8 cm³/mol. The minimum atomic E-state index is -0.891. The van der Waals surface area contributed by atoms with Crippen LogP contribution in [-0.4, -0.2) is 35.4 Å². The third-order valence-electron chi connectivity index (χ3n) is 3.10. The van der Waals surface area contributed by atoms with Gasteiger partial charge in [-0.05, 0) is 18.1 Å². The van der Waals surface area contributed by atoms with Crippen LogP contribution in [0.15, 0.2) is 24.3 Å². The summed E-state index contributed by atoms with van der Waals surface area (Å²) in [7, 11) is 0. The van der Waals surface area contributed by atoms with Crippen LogP contribution in [0.2, 0.25) is 0 Å². The highest BCUT2D eigenvalue weighted by Crippen LogP contribution is 2.30. The van der Waals surface area contributed by atoms with Crippen molar-refractivity contribution in [2.75, 3.05) is 18.1 Å². The lowest BCUT2D eigenvalue weighted by atomic mass is 9.93. The Labute approximate surface area is 100 Å². The predicted octanol–water partition coefficient (Wildman–Crippen LogP) is 0.565. The van der Waals surface area contributed by atoms with Crippen LogP contribution in [0.4, 0.5) is 5.69 Å². The van der Waals surface area contributed by atoms with E-state index in [0.29, 0.717) is 0 Å². The van der Waals surface area contributed by atoms with Gasteiger partial charge >= 0.3 is 0 Å². The summed E-state index contributed by atoms with van der Waals surface area (Å²) in [5.41, 5.74) is 1.97. The Morgan fingerprint density at radius 2 is 2.18 bits per heavy atom. The van der Waals surface area contributed by atoms with Gasteiger partial charge in [-0.3, -0.25) is 4.79 Å². The summed E-state index contributed by atoms with van der Waals surface area (Å²) in [6.07, 6.45) is -0.155. The first-order chi connectivity index (χ1) is 8.13. The van der Waals surface area contributed by atoms with Gasteiger partial charge in [0.15, 0.2) is 0 Å². The van der Waals surface area contributed by atoms with Crippen molar-refractivity contribution in [3.63, 3.8) is 0 Å². The summed E-state index contributed by atoms with van der Waals surface area (Å²) in [4.78, 5) is 13.6. The van der Waals surface area contributed by atoms with Gasteiger partial charge in [0.1, 0.15) is 0 Å². The minimum absolute atomic E-state index is 0.0104. The first-order valence-corrected chi connectivity index (χ1v) is 5.81. The smallest absolute Gasteiger partial charge is 0.230 e. The van der Waals surface area contributed by atoms with Crippen molar-refractivity contribution in [3.8, 4) is 0 Å². The number of hydrogen-bond acceptors (Lipinski definition) is 3. The number of β-amino-alcohol motifs (C(OH)–C–C–N with tert-alkyl or cyclic N) is 1. The fourth-order valence-electron chi connectivity index (χ4n) is 2.21. The van der Waals surface area contributed by atoms with Crippen LogP contribution in [0.3, 0.4) is 0 Å². The van der Waals surface area contributed by atoms with Crippen molar-refractivity contribution in [3.05, 3.63) is 29.8 Å². The fraction of sp³-hybridized carbons (Fsp3) is 0.462. The normalized spacial score (nSPS) is 21.2. The molecular formula is C13H17NO3. The first kappa shape index (κ1) is 12.1. The first-order valence-electron chi connectivity index (χ1n) is 5.81. The molecule has 0 spiro atoms. The molecule has 2 N–H and O–H groups in total. The number of aliphatic hydroxyl groups is 2. The average molecular weight is 235 g/mol. The van der Waals surface area contributed by atoms with Crippen molar-refractivity contribution in [1.29, 1.82) is 0 Å². The molecule has 1 aromatic rings. The van der Waals surface area contributed by atoms with Gasteiger partial charge in [0.05, 0.1) is 19.3 Å². The Hall–Kier alpha value is -1.39. The van der Waals surface area contributed by atoms with E-state index in [2.05, 4.69) is 0 Å². The Morgan fingerprint density at radius 3 is 2.88 bits per heavy atom. The van der Waals surface area contributed by atoms with E-state index >= 15 is 0 Å². The lowest BCUT2D eigenvalue weighted by Crippen LogP contribution is -2.45. The van der Waals surface area contributed by atoms with E-state index in [1.165, 1.54) is 0 Å². The van der Waals surface area contributed by atoms with Crippen LogP contribution in [0, 0.1) is 5.92 Å². The molecule has 0 saturated heterocycles. The quantitative estimate of drug-likeness (QED) is 0.805. The summed E-state index contributed by atoms with van der Waals surface area (Å²) in [6.45, 7) is 1.70. The molecule has 17 heavy (non-hydrogen) atoms. The SMILES string of the molecule is CC1Cc2ccccc2N(CC(O)CO)C1=O. The second-order valence-corrected chi connectivity index (χ2v) is 4.52. The van der Waals surface area contributed by atoms with Gasteiger partial charge in [-0.2, -0.15) is 0 Å². The van der Waals surface area contributed by atoms with Crippen molar-refractivity contribution >= 4 is 11.6 Å². The molecule has 0 fully saturated rings. The van der Waals surface area contributed by atoms with Crippen LogP contribution in [0.25, 0.3) is 0 Å². The summed E-state index contributed by atoms with van der Waals surface area (Å²) in [5, 5.41) is 18.4. The number of rotatable bonds is 3. The number of carbonyl (C=O) groups is 1. The molecule has 0 bridgehead atoms. The van der Waals surface area contributed by atoms with E-state index in [1.807, 2.05) is 31.2 Å². The van der Waals surface area contributed by atoms with Crippen LogP contribution in [0.5, 0.6) is 0 Å². The molecule has 1 amide bonds. The Kier molecular flexibility index (Phi) is 3.45. The van der Waals surface area contributed by atoms with Crippen LogP contribution in [0.1, 0.15) is 12.5 Å². The maximum Gasteiger partial charge on any atom is 0.230 e. The summed E-state index contributed by atoms with van der Waals surface area (Å²) < 4.78 is 0. The zero-order valence-electron chi connectivity index (χ0n) is 9.84. The number of para-hydroxylation sites is 1. The summed E-state index contributed by atoms with van der Waals surface area (Å²) in [6, 6.07) is 7.70. The molecule has 2 unspecified atom stereocenters. The maximum absolute atomic E-state index is 12.1. The topological polar surface area (TPSA) is 60.8 Å². The number of aliphatic hydroxyl groups excluding tert-OH is 2. The second kappa shape index (κ2) is 4.85. The van der Waals surface area contributed by atoms with E-state index in [4.69, 9.17) is 5.11 Å². The number of fused-ring (bicyclic) bond motifs is 1. The number of nitrogens with zero attached hydrogens (tertiary/aromatic N) is 1. The highest BCUT2D eigenvalue weighted by Gasteiger charge is 2.30. The third-order valence-corrected chi connectivity index (χ3v) is 3.10. The summed E-state index contributed by atoms with van der Waals surface area (Å²) in [5.74, 6) is -0.0630. The van der Waals surface area contributed by atoms with E-state index < -0.39 is 6.10 Å². The molecule has 0 aromatic heterocycles. The number of hydrogen-bond donors (Lipinski definition) is 2. The van der Waals surface area contributed by atoms with Crippen molar-refractivity contribution in [1.82, 2.24) is 0 Å². The second-order valence-electron chi connectivity index (χ2n) is 4.52. The third kappa shape index (κ3) is 2.33. The Morgan fingerprint density at radius 1 is 1.47 bits per heavy atom. The lowest BCUT2D eigenvalue weighted by molar-refractivity contribution is -0.122. The monoisotopic (exact) mass is 235 g/mol. The van der Waals surface area contributed by atoms with Crippen molar-refractivity contribution < 1.29 is 15.0 Å². The minimum Gasteiger partial charge on any atom is -0.394 e. The molecule has 0 saturated carbocycles. The zero-order chi connectivity index (χ0) is 12.4. The molecule has 1 aliphatic heterocycles. The number of anilines is 1. The highest BCUT2D eigenvalue weighted by molar-refractivity contribution is 5.97. The Balaban J connectivity index is 2.32. The number of carbonyl (C=O) groups excluding carboxylic acids is 1. The van der Waals surface area contributed by atoms with E-state index in [9.17, 15) is 9.90 Å². The van der Waals surface area contributed by atoms with Gasteiger partial charge in [-0.1, -0.05) is 25.1 Å². The fourth-order valence-corrected chi connectivity index (χ4v) is 2.21. The van der Waals surface area contributed by atoms with Crippen molar-refractivity contribution in [2.24, 2.45) is 5.92 Å². The van der Waals surface area contributed by atoms with Gasteiger partial charge < -0.3 is 15.1 Å². The molecule has 0 radical (unpaired) electrons. The van der Waals surface area contributed by atoms with Crippen LogP contribution in [-0.2, 0) is 11.2 Å². The molecule has 2 rings (SSSR count). The molecule has 1 aromatic carbocycles. The Bertz CT molecular complexity index is 419. The van der Waals surface area contributed by atoms with Gasteiger partial charge in [-0.25, -0.2) is 0 Å². The van der Waals surface area contributed by atoms with Crippen LogP contribution < -0.4 is 4.90 Å². The average Bonchev–Trinajstić information content (AvgIpc) is 2.34. The molecule has 1 aliphatic rings. The molecule has 2 atom stereocenters. The molecule has 4 heteroatoms. The molecule has 4 nitrogen and oxygen atoms in total. The largest absolute Gasteiger partial charge is 0.394 e. The molecule has 1 heterocycles. The van der Waals surface area contributed by atoms with Gasteiger partial charge in [0, 0.05) is 11.6 Å². The standard InChI is InChI=1S/C13H17NO3/c1-9-6-10-4-2-3-5-12(10)14(13(9)17)7-11(16)8-15/h2-5,9,11,15-16H,6-8H2,1H3. The number of amides is 1. The highest BCUT2D eigenvalue weighted by atomic mass is 16.3. The molecule has 0 aliphatic carbocycles. The van der Waals surface area contributed by atoms with Gasteiger partial charge in [0.25, 0.3) is 0 Å². The van der Waals surface area contributed by atoms with Crippen molar-refractivity contribution in [2.45, 2.75) is 19.4 Å². The zero-order valence-corrected chi connectivity index (χ0v) is 9.84. The van der Waals surface area contributed by atoms with E-state index in [1.54, 1.807) is 4.90 Å². The number of benzene rings is 1. The molecular weight excluding hydrogens is 218 g/mol. The van der Waals surface area contributed by atoms with Gasteiger partial charge in [0.2, 0.25) is 5.91 Å².